The van der Waals surface area contributed by atoms with Crippen LogP contribution in [0.1, 0.15) is 27.8 Å². The second-order valence-electron chi connectivity index (χ2n) is 6.94. The minimum atomic E-state index is -4.93. The van der Waals surface area contributed by atoms with Crippen molar-refractivity contribution in [2.75, 3.05) is 4.90 Å². The lowest BCUT2D eigenvalue weighted by Gasteiger charge is -2.23. The summed E-state index contributed by atoms with van der Waals surface area (Å²) >= 11 is 3.41. The molecule has 0 spiro atoms. The van der Waals surface area contributed by atoms with Crippen LogP contribution < -0.4 is 4.90 Å². The van der Waals surface area contributed by atoms with Gasteiger partial charge in [-0.2, -0.15) is 31.1 Å². The molecule has 0 aliphatic heterocycles. The number of rotatable bonds is 5. The topological polar surface area (TPSA) is 46.8 Å². The monoisotopic (exact) mass is 507 g/mol. The highest BCUT2D eigenvalue weighted by Gasteiger charge is 2.37. The van der Waals surface area contributed by atoms with Gasteiger partial charge in [0.2, 0.25) is 0 Å². The van der Waals surface area contributed by atoms with Crippen LogP contribution in [0.2, 0.25) is 0 Å². The number of nitrogens with zero attached hydrogens (tertiary/aromatic N) is 5. The molecule has 0 aliphatic carbocycles. The summed E-state index contributed by atoms with van der Waals surface area (Å²) in [5.74, 6) is 0.0712. The van der Waals surface area contributed by atoms with Crippen LogP contribution in [-0.4, -0.2) is 20.2 Å². The van der Waals surface area contributed by atoms with E-state index in [1.807, 2.05) is 19.1 Å². The molecular weight excluding hydrogens is 492 g/mol. The molecule has 0 amide bonds. The molecule has 5 nitrogen and oxygen atoms in total. The summed E-state index contributed by atoms with van der Waals surface area (Å²) in [7, 11) is 1.50. The van der Waals surface area contributed by atoms with E-state index in [-0.39, 0.29) is 30.7 Å². The van der Waals surface area contributed by atoms with Crippen molar-refractivity contribution in [3.8, 4) is 0 Å². The smallest absolute Gasteiger partial charge is 0.330 e. The van der Waals surface area contributed by atoms with Gasteiger partial charge in [0, 0.05) is 17.6 Å². The number of hydrogen-bond donors (Lipinski definition) is 0. The van der Waals surface area contributed by atoms with Gasteiger partial charge >= 0.3 is 12.4 Å². The average molecular weight is 508 g/mol. The molecule has 0 radical (unpaired) electrons. The standard InChI is InChI=1S/C19H16BrF6N5/c1-11-3-4-16(20)13(5-11)10-31(17-27-29-30(2)28-17)9-12-6-14(18(21,22)23)8-15(7-12)19(24,25)26/h3-8H,9-10H2,1-2H3. The Kier molecular flexibility index (Phi) is 6.30. The van der Waals surface area contributed by atoms with Crippen LogP contribution in [0.15, 0.2) is 40.9 Å². The highest BCUT2D eigenvalue weighted by molar-refractivity contribution is 9.10. The Morgan fingerprint density at radius 1 is 0.935 bits per heavy atom. The Hall–Kier alpha value is -2.63. The van der Waals surface area contributed by atoms with Crippen LogP contribution in [0.3, 0.4) is 0 Å². The molecular formula is C19H16BrF6N5. The Labute approximate surface area is 181 Å². The molecule has 0 unspecified atom stereocenters. The van der Waals surface area contributed by atoms with Crippen molar-refractivity contribution in [2.45, 2.75) is 32.4 Å². The normalized spacial score (nSPS) is 12.3. The first-order valence-corrected chi connectivity index (χ1v) is 9.64. The van der Waals surface area contributed by atoms with Crippen molar-refractivity contribution in [1.82, 2.24) is 20.2 Å². The Balaban J connectivity index is 2.04. The zero-order valence-electron chi connectivity index (χ0n) is 16.3. The fourth-order valence-electron chi connectivity index (χ4n) is 2.96. The fourth-order valence-corrected chi connectivity index (χ4v) is 3.33. The van der Waals surface area contributed by atoms with Gasteiger partial charge in [0.15, 0.2) is 0 Å². The number of anilines is 1. The molecule has 0 fully saturated rings. The maximum Gasteiger partial charge on any atom is 0.416 e. The largest absolute Gasteiger partial charge is 0.416 e. The minimum Gasteiger partial charge on any atom is -0.330 e. The van der Waals surface area contributed by atoms with Crippen LogP contribution in [0.25, 0.3) is 0 Å². The van der Waals surface area contributed by atoms with E-state index in [0.717, 1.165) is 20.4 Å². The van der Waals surface area contributed by atoms with Crippen molar-refractivity contribution in [3.63, 3.8) is 0 Å². The molecule has 0 bridgehead atoms. The highest BCUT2D eigenvalue weighted by atomic mass is 79.9. The van der Waals surface area contributed by atoms with E-state index in [0.29, 0.717) is 12.1 Å². The Morgan fingerprint density at radius 2 is 1.55 bits per heavy atom. The van der Waals surface area contributed by atoms with Gasteiger partial charge in [0.25, 0.3) is 5.95 Å². The third-order valence-corrected chi connectivity index (χ3v) is 5.14. The predicted molar refractivity (Wildman–Crippen MR) is 104 cm³/mol. The summed E-state index contributed by atoms with van der Waals surface area (Å²) < 4.78 is 80.0. The number of alkyl halides is 6. The predicted octanol–water partition coefficient (Wildman–Crippen LogP) is 5.53. The number of benzene rings is 2. The number of aromatic nitrogens is 4. The Bertz CT molecular complexity index is 1040. The molecule has 1 heterocycles. The van der Waals surface area contributed by atoms with Crippen LogP contribution >= 0.6 is 15.9 Å². The van der Waals surface area contributed by atoms with Gasteiger partial charge in [-0.05, 0) is 47.5 Å². The van der Waals surface area contributed by atoms with Gasteiger partial charge in [-0.25, -0.2) is 0 Å². The molecule has 0 N–H and O–H groups in total. The van der Waals surface area contributed by atoms with Crippen molar-refractivity contribution in [2.24, 2.45) is 7.05 Å². The molecule has 0 saturated carbocycles. The van der Waals surface area contributed by atoms with E-state index in [1.165, 1.54) is 11.9 Å². The average Bonchev–Trinajstić information content (AvgIpc) is 3.09. The fraction of sp³-hybridized carbons (Fsp3) is 0.316. The highest BCUT2D eigenvalue weighted by Crippen LogP contribution is 2.37. The van der Waals surface area contributed by atoms with Gasteiger partial charge in [0.1, 0.15) is 0 Å². The van der Waals surface area contributed by atoms with E-state index in [2.05, 4.69) is 31.3 Å². The van der Waals surface area contributed by atoms with Crippen molar-refractivity contribution in [3.05, 3.63) is 68.7 Å². The number of aryl methyl sites for hydroxylation is 2. The van der Waals surface area contributed by atoms with E-state index in [9.17, 15) is 26.3 Å². The zero-order valence-corrected chi connectivity index (χ0v) is 17.8. The molecule has 12 heteroatoms. The maximum atomic E-state index is 13.2. The third kappa shape index (κ3) is 5.75. The van der Waals surface area contributed by atoms with Gasteiger partial charge in [-0.3, -0.25) is 0 Å². The molecule has 1 aromatic heterocycles. The second-order valence-corrected chi connectivity index (χ2v) is 7.80. The van der Waals surface area contributed by atoms with Gasteiger partial charge in [-0.15, -0.1) is 5.10 Å². The lowest BCUT2D eigenvalue weighted by atomic mass is 10.0. The summed E-state index contributed by atoms with van der Waals surface area (Å²) in [5.41, 5.74) is -1.24. The van der Waals surface area contributed by atoms with Crippen LogP contribution in [0.4, 0.5) is 32.3 Å². The summed E-state index contributed by atoms with van der Waals surface area (Å²) in [4.78, 5) is 2.61. The molecule has 0 saturated heterocycles. The van der Waals surface area contributed by atoms with E-state index < -0.39 is 23.5 Å². The molecule has 0 atom stereocenters. The molecule has 166 valence electrons. The summed E-state index contributed by atoms with van der Waals surface area (Å²) in [6.45, 7) is 1.70. The first kappa shape index (κ1) is 23.0. The van der Waals surface area contributed by atoms with Crippen LogP contribution in [-0.2, 0) is 32.5 Å². The van der Waals surface area contributed by atoms with E-state index in [1.54, 1.807) is 6.07 Å². The summed E-state index contributed by atoms with van der Waals surface area (Å²) in [6, 6.07) is 7.01. The minimum absolute atomic E-state index is 0.0712. The lowest BCUT2D eigenvalue weighted by molar-refractivity contribution is -0.143. The quantitative estimate of drug-likeness (QED) is 0.426. The molecule has 3 rings (SSSR count). The third-order valence-electron chi connectivity index (χ3n) is 4.36. The maximum absolute atomic E-state index is 13.2. The number of tetrazole rings is 1. The van der Waals surface area contributed by atoms with Crippen molar-refractivity contribution in [1.29, 1.82) is 0 Å². The lowest BCUT2D eigenvalue weighted by Crippen LogP contribution is -2.24. The van der Waals surface area contributed by atoms with Crippen molar-refractivity contribution < 1.29 is 26.3 Å². The van der Waals surface area contributed by atoms with Crippen molar-refractivity contribution >= 4 is 21.9 Å². The van der Waals surface area contributed by atoms with Gasteiger partial charge < -0.3 is 4.90 Å². The van der Waals surface area contributed by atoms with Gasteiger partial charge in [0.05, 0.1) is 18.2 Å². The molecule has 0 aliphatic rings. The van der Waals surface area contributed by atoms with E-state index in [4.69, 9.17) is 0 Å². The van der Waals surface area contributed by atoms with Crippen LogP contribution in [0.5, 0.6) is 0 Å². The zero-order chi connectivity index (χ0) is 23.0. The summed E-state index contributed by atoms with van der Waals surface area (Å²) in [6.07, 6.45) is -9.85. The first-order valence-electron chi connectivity index (χ1n) is 8.85. The summed E-state index contributed by atoms with van der Waals surface area (Å²) in [5, 5.41) is 11.6. The SMILES string of the molecule is Cc1ccc(Br)c(CN(Cc2cc(C(F)(F)F)cc(C(F)(F)F)c2)c2nnn(C)n2)c1. The molecule has 31 heavy (non-hydrogen) atoms. The second kappa shape index (κ2) is 8.48. The Morgan fingerprint density at radius 3 is 2.06 bits per heavy atom. The molecule has 3 aromatic rings. The van der Waals surface area contributed by atoms with Gasteiger partial charge in [-0.1, -0.05) is 38.7 Å². The first-order chi connectivity index (χ1) is 14.3. The molecule has 2 aromatic carbocycles. The van der Waals surface area contributed by atoms with Crippen LogP contribution in [0, 0.1) is 6.92 Å². The number of halogens is 7. The van der Waals surface area contributed by atoms with E-state index >= 15 is 0 Å². The number of hydrogen-bond acceptors (Lipinski definition) is 4.